The Kier molecular flexibility index (Phi) is 6.10. The third kappa shape index (κ3) is 3.97. The Balaban J connectivity index is 2.76. The number of nitrogens with zero attached hydrogens (tertiary/aromatic N) is 1. The first-order valence-corrected chi connectivity index (χ1v) is 7.12. The summed E-state index contributed by atoms with van der Waals surface area (Å²) in [6.07, 6.45) is 2.90. The average molecular weight is 270 g/mol. The molecular formula is C13H16F2N2S. The van der Waals surface area contributed by atoms with Crippen LogP contribution in [0.1, 0.15) is 24.5 Å². The molecule has 5 heteroatoms. The molecule has 1 atom stereocenters. The molecule has 0 aliphatic carbocycles. The zero-order valence-electron chi connectivity index (χ0n) is 10.5. The van der Waals surface area contributed by atoms with Crippen LogP contribution in [0.15, 0.2) is 12.1 Å². The van der Waals surface area contributed by atoms with Crippen molar-refractivity contribution >= 4 is 11.8 Å². The van der Waals surface area contributed by atoms with Crippen molar-refractivity contribution < 1.29 is 8.78 Å². The maximum absolute atomic E-state index is 13.6. The third-order valence-corrected chi connectivity index (χ3v) is 3.43. The molecule has 18 heavy (non-hydrogen) atoms. The molecule has 0 fully saturated rings. The van der Waals surface area contributed by atoms with E-state index in [0.29, 0.717) is 0 Å². The fourth-order valence-electron chi connectivity index (χ4n) is 1.61. The lowest BCUT2D eigenvalue weighted by Gasteiger charge is -2.16. The minimum atomic E-state index is -0.668. The molecule has 98 valence electrons. The van der Waals surface area contributed by atoms with Gasteiger partial charge in [0.1, 0.15) is 11.6 Å². The summed E-state index contributed by atoms with van der Waals surface area (Å²) in [5.74, 6) is -0.438. The summed E-state index contributed by atoms with van der Waals surface area (Å²) in [5.41, 5.74) is -0.00143. The summed E-state index contributed by atoms with van der Waals surface area (Å²) in [5, 5.41) is 11.7. The Morgan fingerprint density at radius 2 is 2.00 bits per heavy atom. The van der Waals surface area contributed by atoms with E-state index in [-0.39, 0.29) is 23.7 Å². The van der Waals surface area contributed by atoms with Crippen molar-refractivity contribution in [3.8, 4) is 6.07 Å². The first kappa shape index (κ1) is 14.9. The first-order valence-electron chi connectivity index (χ1n) is 5.72. The van der Waals surface area contributed by atoms with Crippen LogP contribution in [0, 0.1) is 23.0 Å². The Hall–Kier alpha value is -1.12. The predicted molar refractivity (Wildman–Crippen MR) is 70.4 cm³/mol. The molecule has 0 aromatic heterocycles. The van der Waals surface area contributed by atoms with Crippen molar-refractivity contribution in [3.63, 3.8) is 0 Å². The van der Waals surface area contributed by atoms with Crippen molar-refractivity contribution in [2.75, 3.05) is 12.0 Å². The molecule has 0 saturated heterocycles. The molecule has 1 rings (SSSR count). The minimum absolute atomic E-state index is 0.00454. The van der Waals surface area contributed by atoms with Gasteiger partial charge in [-0.25, -0.2) is 8.78 Å². The van der Waals surface area contributed by atoms with Crippen molar-refractivity contribution in [1.29, 1.82) is 5.26 Å². The number of benzene rings is 1. The van der Waals surface area contributed by atoms with Gasteiger partial charge in [0.05, 0.1) is 11.6 Å². The van der Waals surface area contributed by atoms with Gasteiger partial charge >= 0.3 is 0 Å². The molecule has 0 saturated carbocycles. The van der Waals surface area contributed by atoms with Crippen LogP contribution < -0.4 is 5.32 Å². The van der Waals surface area contributed by atoms with E-state index in [0.717, 1.165) is 24.3 Å². The van der Waals surface area contributed by atoms with Gasteiger partial charge in [0.25, 0.3) is 0 Å². The summed E-state index contributed by atoms with van der Waals surface area (Å²) >= 11 is 1.69. The smallest absolute Gasteiger partial charge is 0.131 e. The summed E-state index contributed by atoms with van der Waals surface area (Å²) in [6, 6.07) is 4.09. The number of rotatable bonds is 6. The highest BCUT2D eigenvalue weighted by Crippen LogP contribution is 2.15. The molecule has 1 N–H and O–H groups in total. The molecule has 0 amide bonds. The first-order chi connectivity index (χ1) is 8.62. The summed E-state index contributed by atoms with van der Waals surface area (Å²) in [7, 11) is 0. The summed E-state index contributed by atoms with van der Waals surface area (Å²) in [6.45, 7) is 2.17. The van der Waals surface area contributed by atoms with E-state index in [9.17, 15) is 8.78 Å². The molecule has 0 spiro atoms. The molecule has 2 nitrogen and oxygen atoms in total. The Bertz CT molecular complexity index is 420. The van der Waals surface area contributed by atoms with Crippen LogP contribution >= 0.6 is 11.8 Å². The van der Waals surface area contributed by atoms with Gasteiger partial charge in [0, 0.05) is 23.9 Å². The molecule has 0 aliphatic rings. The van der Waals surface area contributed by atoms with Crippen LogP contribution in [-0.2, 0) is 6.54 Å². The Labute approximate surface area is 110 Å². The second-order valence-corrected chi connectivity index (χ2v) is 4.88. The topological polar surface area (TPSA) is 35.8 Å². The largest absolute Gasteiger partial charge is 0.309 e. The van der Waals surface area contributed by atoms with Gasteiger partial charge in [-0.05, 0) is 24.8 Å². The van der Waals surface area contributed by atoms with E-state index < -0.39 is 11.6 Å². The van der Waals surface area contributed by atoms with Gasteiger partial charge in [0.15, 0.2) is 0 Å². The number of thioether (sulfide) groups is 1. The van der Waals surface area contributed by atoms with Gasteiger partial charge in [-0.15, -0.1) is 0 Å². The SMILES string of the molecule is CCC(CSC)NCc1c(F)cc(C#N)cc1F. The lowest BCUT2D eigenvalue weighted by Crippen LogP contribution is -2.30. The van der Waals surface area contributed by atoms with Crippen molar-refractivity contribution in [1.82, 2.24) is 5.32 Å². The normalized spacial score (nSPS) is 12.2. The quantitative estimate of drug-likeness (QED) is 0.863. The van der Waals surface area contributed by atoms with Crippen molar-refractivity contribution in [2.24, 2.45) is 0 Å². The highest BCUT2D eigenvalue weighted by molar-refractivity contribution is 7.98. The Morgan fingerprint density at radius 3 is 2.44 bits per heavy atom. The van der Waals surface area contributed by atoms with Crippen LogP contribution in [0.5, 0.6) is 0 Å². The molecule has 1 unspecified atom stereocenters. The van der Waals surface area contributed by atoms with E-state index in [4.69, 9.17) is 5.26 Å². The monoisotopic (exact) mass is 270 g/mol. The van der Waals surface area contributed by atoms with Crippen molar-refractivity contribution in [2.45, 2.75) is 25.9 Å². The van der Waals surface area contributed by atoms with Crippen molar-refractivity contribution in [3.05, 3.63) is 34.9 Å². The number of halogens is 2. The molecule has 1 aromatic rings. The van der Waals surface area contributed by atoms with Crippen LogP contribution in [0.4, 0.5) is 8.78 Å². The van der Waals surface area contributed by atoms with E-state index in [1.165, 1.54) is 0 Å². The maximum atomic E-state index is 13.6. The van der Waals surface area contributed by atoms with E-state index in [2.05, 4.69) is 5.32 Å². The average Bonchev–Trinajstić information content (AvgIpc) is 2.36. The summed E-state index contributed by atoms with van der Waals surface area (Å²) < 4.78 is 27.2. The molecule has 0 radical (unpaired) electrons. The van der Waals surface area contributed by atoms with Gasteiger partial charge in [-0.3, -0.25) is 0 Å². The fourth-order valence-corrected chi connectivity index (χ4v) is 2.36. The Morgan fingerprint density at radius 1 is 1.39 bits per heavy atom. The molecular weight excluding hydrogens is 254 g/mol. The fraction of sp³-hybridized carbons (Fsp3) is 0.462. The third-order valence-electron chi connectivity index (χ3n) is 2.70. The lowest BCUT2D eigenvalue weighted by molar-refractivity contribution is 0.496. The predicted octanol–water partition coefficient (Wildman–Crippen LogP) is 3.07. The number of hydrogen-bond donors (Lipinski definition) is 1. The maximum Gasteiger partial charge on any atom is 0.131 e. The summed E-state index contributed by atoms with van der Waals surface area (Å²) in [4.78, 5) is 0. The van der Waals surface area contributed by atoms with Gasteiger partial charge in [-0.1, -0.05) is 6.92 Å². The van der Waals surface area contributed by atoms with Crippen LogP contribution in [-0.4, -0.2) is 18.1 Å². The van der Waals surface area contributed by atoms with E-state index in [1.54, 1.807) is 17.8 Å². The molecule has 0 bridgehead atoms. The highest BCUT2D eigenvalue weighted by Gasteiger charge is 2.13. The highest BCUT2D eigenvalue weighted by atomic mass is 32.2. The van der Waals surface area contributed by atoms with Crippen LogP contribution in [0.3, 0.4) is 0 Å². The van der Waals surface area contributed by atoms with Gasteiger partial charge in [-0.2, -0.15) is 17.0 Å². The second-order valence-electron chi connectivity index (χ2n) is 3.97. The molecule has 1 aromatic carbocycles. The molecule has 0 aliphatic heterocycles. The zero-order chi connectivity index (χ0) is 13.5. The van der Waals surface area contributed by atoms with Gasteiger partial charge < -0.3 is 5.32 Å². The second kappa shape index (κ2) is 7.34. The zero-order valence-corrected chi connectivity index (χ0v) is 11.3. The number of nitrogens with one attached hydrogen (secondary N) is 1. The standard InChI is InChI=1S/C13H16F2N2S/c1-3-10(8-18-2)17-7-11-12(14)4-9(6-16)5-13(11)15/h4-5,10,17H,3,7-8H2,1-2H3. The number of hydrogen-bond acceptors (Lipinski definition) is 3. The van der Waals surface area contributed by atoms with E-state index in [1.807, 2.05) is 13.2 Å². The van der Waals surface area contributed by atoms with Crippen LogP contribution in [0.25, 0.3) is 0 Å². The van der Waals surface area contributed by atoms with E-state index >= 15 is 0 Å². The minimum Gasteiger partial charge on any atom is -0.309 e. The van der Waals surface area contributed by atoms with Crippen LogP contribution in [0.2, 0.25) is 0 Å². The molecule has 0 heterocycles. The van der Waals surface area contributed by atoms with Gasteiger partial charge in [0.2, 0.25) is 0 Å². The number of nitriles is 1. The lowest BCUT2D eigenvalue weighted by atomic mass is 10.1.